The van der Waals surface area contributed by atoms with Crippen molar-refractivity contribution >= 4 is 52.3 Å². The number of likely N-dealkylation sites (N-methyl/N-ethyl adjacent to an activating group) is 1. The molecule has 0 spiro atoms. The topological polar surface area (TPSA) is 58.6 Å². The standard InChI is InChI=1S/C18H17Cl3N2O3/c1-11-8-12(19)6-7-15(11)26-10-17(25)23(2)9-16(24)22-18-13(20)4-3-5-14(18)21/h3-8H,9-10H2,1-2H3,(H,22,24). The summed E-state index contributed by atoms with van der Waals surface area (Å²) in [5.74, 6) is -0.207. The van der Waals surface area contributed by atoms with Crippen LogP contribution >= 0.6 is 34.8 Å². The molecule has 0 radical (unpaired) electrons. The molecular weight excluding hydrogens is 399 g/mol. The van der Waals surface area contributed by atoms with Crippen molar-refractivity contribution in [2.75, 3.05) is 25.5 Å². The van der Waals surface area contributed by atoms with Gasteiger partial charge in [-0.2, -0.15) is 0 Å². The molecule has 2 amide bonds. The van der Waals surface area contributed by atoms with E-state index in [1.54, 1.807) is 36.4 Å². The third-order valence-corrected chi connectivity index (χ3v) is 4.39. The molecule has 0 atom stereocenters. The van der Waals surface area contributed by atoms with Crippen LogP contribution in [0.25, 0.3) is 0 Å². The highest BCUT2D eigenvalue weighted by Gasteiger charge is 2.16. The zero-order valence-electron chi connectivity index (χ0n) is 14.2. The molecule has 0 saturated heterocycles. The molecule has 0 aliphatic carbocycles. The van der Waals surface area contributed by atoms with Gasteiger partial charge < -0.3 is 15.0 Å². The molecule has 8 heteroatoms. The van der Waals surface area contributed by atoms with Crippen molar-refractivity contribution in [3.05, 3.63) is 57.0 Å². The maximum absolute atomic E-state index is 12.2. The summed E-state index contributed by atoms with van der Waals surface area (Å²) >= 11 is 17.9. The van der Waals surface area contributed by atoms with E-state index in [-0.39, 0.29) is 19.1 Å². The molecule has 0 bridgehead atoms. The van der Waals surface area contributed by atoms with E-state index in [0.29, 0.717) is 26.5 Å². The second kappa shape index (κ2) is 9.12. The number of amides is 2. The molecule has 2 rings (SSSR count). The van der Waals surface area contributed by atoms with Gasteiger partial charge in [-0.15, -0.1) is 0 Å². The molecule has 0 saturated carbocycles. The van der Waals surface area contributed by atoms with Crippen LogP contribution in [0.1, 0.15) is 5.56 Å². The third kappa shape index (κ3) is 5.53. The van der Waals surface area contributed by atoms with Gasteiger partial charge in [-0.3, -0.25) is 9.59 Å². The number of halogens is 3. The molecule has 0 aliphatic heterocycles. The van der Waals surface area contributed by atoms with Gasteiger partial charge in [0.25, 0.3) is 5.91 Å². The highest BCUT2D eigenvalue weighted by Crippen LogP contribution is 2.29. The fourth-order valence-corrected chi connectivity index (χ4v) is 2.84. The molecular formula is C18H17Cl3N2O3. The molecule has 26 heavy (non-hydrogen) atoms. The Morgan fingerprint density at radius 1 is 1.12 bits per heavy atom. The Balaban J connectivity index is 1.89. The summed E-state index contributed by atoms with van der Waals surface area (Å²) in [4.78, 5) is 25.5. The van der Waals surface area contributed by atoms with Crippen molar-refractivity contribution in [3.8, 4) is 5.75 Å². The van der Waals surface area contributed by atoms with Gasteiger partial charge in [0.2, 0.25) is 5.91 Å². The van der Waals surface area contributed by atoms with Crippen molar-refractivity contribution in [1.82, 2.24) is 4.90 Å². The van der Waals surface area contributed by atoms with Crippen LogP contribution in [0.5, 0.6) is 5.75 Å². The normalized spacial score (nSPS) is 10.3. The van der Waals surface area contributed by atoms with Crippen LogP contribution in [0.3, 0.4) is 0 Å². The monoisotopic (exact) mass is 414 g/mol. The van der Waals surface area contributed by atoms with Gasteiger partial charge in [0.1, 0.15) is 5.75 Å². The SMILES string of the molecule is Cc1cc(Cl)ccc1OCC(=O)N(C)CC(=O)Nc1c(Cl)cccc1Cl. The Morgan fingerprint density at radius 3 is 2.38 bits per heavy atom. The lowest BCUT2D eigenvalue weighted by atomic mass is 10.2. The quantitative estimate of drug-likeness (QED) is 0.759. The lowest BCUT2D eigenvalue weighted by Gasteiger charge is -2.18. The first-order valence-corrected chi connectivity index (χ1v) is 8.78. The van der Waals surface area contributed by atoms with Gasteiger partial charge in [0.05, 0.1) is 22.3 Å². The van der Waals surface area contributed by atoms with Gasteiger partial charge in [0.15, 0.2) is 6.61 Å². The van der Waals surface area contributed by atoms with Crippen LogP contribution in [-0.2, 0) is 9.59 Å². The molecule has 5 nitrogen and oxygen atoms in total. The number of para-hydroxylation sites is 1. The lowest BCUT2D eigenvalue weighted by Crippen LogP contribution is -2.37. The molecule has 0 fully saturated rings. The summed E-state index contributed by atoms with van der Waals surface area (Å²) < 4.78 is 5.49. The number of rotatable bonds is 6. The minimum absolute atomic E-state index is 0.163. The summed E-state index contributed by atoms with van der Waals surface area (Å²) in [6, 6.07) is 10.0. The molecule has 2 aromatic rings. The number of carbonyl (C=O) groups excluding carboxylic acids is 2. The van der Waals surface area contributed by atoms with E-state index in [1.807, 2.05) is 6.92 Å². The molecule has 138 valence electrons. The van der Waals surface area contributed by atoms with E-state index in [2.05, 4.69) is 5.32 Å². The second-order valence-electron chi connectivity index (χ2n) is 5.59. The number of hydrogen-bond donors (Lipinski definition) is 1. The first kappa shape index (κ1) is 20.4. The number of carbonyl (C=O) groups is 2. The molecule has 0 aliphatic rings. The molecule has 0 heterocycles. The fourth-order valence-electron chi connectivity index (χ4n) is 2.12. The van der Waals surface area contributed by atoms with Crippen molar-refractivity contribution in [1.29, 1.82) is 0 Å². The fraction of sp³-hybridized carbons (Fsp3) is 0.222. The van der Waals surface area contributed by atoms with Crippen LogP contribution in [0.4, 0.5) is 5.69 Å². The predicted molar refractivity (Wildman–Crippen MR) is 104 cm³/mol. The smallest absolute Gasteiger partial charge is 0.260 e. The molecule has 0 aromatic heterocycles. The Hall–Kier alpha value is -1.95. The van der Waals surface area contributed by atoms with Crippen molar-refractivity contribution < 1.29 is 14.3 Å². The zero-order chi connectivity index (χ0) is 19.3. The number of hydrogen-bond acceptors (Lipinski definition) is 3. The number of nitrogens with zero attached hydrogens (tertiary/aromatic N) is 1. The van der Waals surface area contributed by atoms with E-state index in [4.69, 9.17) is 39.5 Å². The van der Waals surface area contributed by atoms with Gasteiger partial charge in [-0.25, -0.2) is 0 Å². The summed E-state index contributed by atoms with van der Waals surface area (Å²) in [5, 5.41) is 3.83. The Bertz CT molecular complexity index is 807. The first-order chi connectivity index (χ1) is 12.3. The summed E-state index contributed by atoms with van der Waals surface area (Å²) in [5.41, 5.74) is 1.13. The lowest BCUT2D eigenvalue weighted by molar-refractivity contribution is -0.135. The first-order valence-electron chi connectivity index (χ1n) is 7.64. The number of anilines is 1. The van der Waals surface area contributed by atoms with Crippen molar-refractivity contribution in [3.63, 3.8) is 0 Å². The van der Waals surface area contributed by atoms with E-state index in [9.17, 15) is 9.59 Å². The van der Waals surface area contributed by atoms with Crippen molar-refractivity contribution in [2.45, 2.75) is 6.92 Å². The van der Waals surface area contributed by atoms with E-state index in [1.165, 1.54) is 11.9 Å². The van der Waals surface area contributed by atoms with Crippen LogP contribution in [0.2, 0.25) is 15.1 Å². The zero-order valence-corrected chi connectivity index (χ0v) is 16.5. The Kier molecular flexibility index (Phi) is 7.14. The predicted octanol–water partition coefficient (Wildman–Crippen LogP) is 4.43. The van der Waals surface area contributed by atoms with E-state index >= 15 is 0 Å². The van der Waals surface area contributed by atoms with Crippen LogP contribution in [0.15, 0.2) is 36.4 Å². The average Bonchev–Trinajstić information content (AvgIpc) is 2.57. The molecule has 2 aromatic carbocycles. The maximum atomic E-state index is 12.2. The van der Waals surface area contributed by atoms with Gasteiger partial charge in [0, 0.05) is 12.1 Å². The highest BCUT2D eigenvalue weighted by molar-refractivity contribution is 6.39. The van der Waals surface area contributed by atoms with Crippen LogP contribution in [0, 0.1) is 6.92 Å². The van der Waals surface area contributed by atoms with Gasteiger partial charge in [-0.1, -0.05) is 40.9 Å². The van der Waals surface area contributed by atoms with Crippen LogP contribution < -0.4 is 10.1 Å². The van der Waals surface area contributed by atoms with Gasteiger partial charge in [-0.05, 0) is 42.8 Å². The third-order valence-electron chi connectivity index (χ3n) is 3.52. The number of ether oxygens (including phenoxy) is 1. The van der Waals surface area contributed by atoms with Crippen LogP contribution in [-0.4, -0.2) is 36.9 Å². The van der Waals surface area contributed by atoms with E-state index in [0.717, 1.165) is 5.56 Å². The number of aryl methyl sites for hydroxylation is 1. The molecule has 1 N–H and O–H groups in total. The van der Waals surface area contributed by atoms with E-state index < -0.39 is 5.91 Å². The minimum atomic E-state index is -0.418. The summed E-state index contributed by atoms with van der Waals surface area (Å²) in [6.45, 7) is 1.47. The summed E-state index contributed by atoms with van der Waals surface area (Å²) in [6.07, 6.45) is 0. The maximum Gasteiger partial charge on any atom is 0.260 e. The Labute approximate surface area is 166 Å². The van der Waals surface area contributed by atoms with Crippen molar-refractivity contribution in [2.24, 2.45) is 0 Å². The second-order valence-corrected chi connectivity index (χ2v) is 6.84. The van der Waals surface area contributed by atoms with Gasteiger partial charge >= 0.3 is 0 Å². The largest absolute Gasteiger partial charge is 0.483 e. The molecule has 0 unspecified atom stereocenters. The Morgan fingerprint density at radius 2 is 1.77 bits per heavy atom. The minimum Gasteiger partial charge on any atom is -0.483 e. The number of benzene rings is 2. The average molecular weight is 416 g/mol. The summed E-state index contributed by atoms with van der Waals surface area (Å²) in [7, 11) is 1.51. The highest BCUT2D eigenvalue weighted by atomic mass is 35.5. The number of nitrogens with one attached hydrogen (secondary N) is 1.